The highest BCUT2D eigenvalue weighted by molar-refractivity contribution is 5.87. The molecule has 0 N–H and O–H groups in total. The maximum absolute atomic E-state index is 12.5. The minimum Gasteiger partial charge on any atom is -0.870 e. The van der Waals surface area contributed by atoms with Crippen molar-refractivity contribution < 1.29 is 9.67 Å². The lowest BCUT2D eigenvalue weighted by Gasteiger charge is -2.16. The molecule has 0 unspecified atom stereocenters. The van der Waals surface area contributed by atoms with E-state index in [1.807, 2.05) is 28.9 Å². The number of hydrogen-bond donors (Lipinski definition) is 0. The van der Waals surface area contributed by atoms with Crippen molar-refractivity contribution in [2.45, 2.75) is 39.5 Å². The summed E-state index contributed by atoms with van der Waals surface area (Å²) in [6.07, 6.45) is 4.17. The second-order valence-electron chi connectivity index (χ2n) is 7.57. The average molecular weight is 344 g/mol. The Labute approximate surface area is 154 Å². The zero-order chi connectivity index (χ0) is 18.4. The number of pyridine rings is 1. The smallest absolute Gasteiger partial charge is 0.254 e. The summed E-state index contributed by atoms with van der Waals surface area (Å²) in [7, 11) is 0. The Balaban J connectivity index is 2.06. The molecule has 4 rings (SSSR count). The molecule has 0 saturated carbocycles. The molecule has 0 saturated heterocycles. The van der Waals surface area contributed by atoms with Gasteiger partial charge in [-0.2, -0.15) is 4.40 Å². The Morgan fingerprint density at radius 2 is 1.50 bits per heavy atom. The number of rotatable bonds is 3. The maximum Gasteiger partial charge on any atom is 0.254 e. The quantitative estimate of drug-likeness (QED) is 0.496. The van der Waals surface area contributed by atoms with E-state index in [4.69, 9.17) is 0 Å². The Hall–Kier alpha value is -2.81. The Kier molecular flexibility index (Phi) is 3.95. The first kappa shape index (κ1) is 16.6. The van der Waals surface area contributed by atoms with Gasteiger partial charge >= 0.3 is 0 Å². The molecule has 4 aromatic rings. The van der Waals surface area contributed by atoms with E-state index in [2.05, 4.69) is 62.7 Å². The summed E-state index contributed by atoms with van der Waals surface area (Å²) in [5.41, 5.74) is 5.64. The lowest BCUT2D eigenvalue weighted by Crippen LogP contribution is -2.31. The van der Waals surface area contributed by atoms with E-state index >= 15 is 0 Å². The van der Waals surface area contributed by atoms with Crippen LogP contribution >= 0.6 is 0 Å². The molecule has 2 aromatic carbocycles. The number of aromatic nitrogens is 2. The Morgan fingerprint density at radius 1 is 0.846 bits per heavy atom. The van der Waals surface area contributed by atoms with Gasteiger partial charge in [0, 0.05) is 16.5 Å². The van der Waals surface area contributed by atoms with E-state index < -0.39 is 0 Å². The van der Waals surface area contributed by atoms with Crippen molar-refractivity contribution in [2.75, 3.05) is 0 Å². The summed E-state index contributed by atoms with van der Waals surface area (Å²) in [6, 6.07) is 16.1. The molecule has 132 valence electrons. The molecule has 0 spiro atoms. The van der Waals surface area contributed by atoms with Crippen LogP contribution in [0.25, 0.3) is 22.1 Å². The van der Waals surface area contributed by atoms with Gasteiger partial charge in [-0.25, -0.2) is 4.57 Å². The van der Waals surface area contributed by atoms with Crippen molar-refractivity contribution in [3.05, 3.63) is 72.2 Å². The van der Waals surface area contributed by atoms with Crippen LogP contribution < -0.4 is 9.67 Å². The van der Waals surface area contributed by atoms with Crippen LogP contribution in [0.1, 0.15) is 50.7 Å². The highest BCUT2D eigenvalue weighted by Gasteiger charge is 2.21. The first-order valence-corrected chi connectivity index (χ1v) is 9.22. The second kappa shape index (κ2) is 6.17. The maximum atomic E-state index is 12.5. The van der Waals surface area contributed by atoms with Crippen molar-refractivity contribution in [1.29, 1.82) is 0 Å². The van der Waals surface area contributed by atoms with Gasteiger partial charge < -0.3 is 5.11 Å². The summed E-state index contributed by atoms with van der Waals surface area (Å²) in [5, 5.41) is 13.4. The fourth-order valence-electron chi connectivity index (χ4n) is 3.78. The summed E-state index contributed by atoms with van der Waals surface area (Å²) < 4.78 is 4.20. The van der Waals surface area contributed by atoms with E-state index in [1.54, 1.807) is 6.07 Å². The standard InChI is InChI=1S/C23H24N2O/c1-15(2)19-8-6-9-20(16(3)4)23(19)24-13-18-12-11-17-7-5-10-21(26)22(17)25(18)14-24/h5-16H,1-4H3. The Morgan fingerprint density at radius 3 is 2.15 bits per heavy atom. The molecule has 0 aliphatic rings. The van der Waals surface area contributed by atoms with Crippen molar-refractivity contribution >= 4 is 16.4 Å². The van der Waals surface area contributed by atoms with E-state index in [9.17, 15) is 5.11 Å². The van der Waals surface area contributed by atoms with Gasteiger partial charge in [-0.3, -0.25) is 0 Å². The number of imidazole rings is 1. The zero-order valence-electron chi connectivity index (χ0n) is 15.7. The number of fused-ring (bicyclic) bond motifs is 3. The Bertz CT molecular complexity index is 1080. The first-order chi connectivity index (χ1) is 12.5. The predicted octanol–water partition coefficient (Wildman–Crippen LogP) is 4.69. The normalized spacial score (nSPS) is 11.9. The average Bonchev–Trinajstić information content (AvgIpc) is 3.05. The van der Waals surface area contributed by atoms with Crippen LogP contribution in [0.5, 0.6) is 5.75 Å². The SMILES string of the molecule is CC(C)c1cccc(C(C)C)c1-[n+]1cc2ccc3cccc([O-])c3n2c1. The number of hydrogen-bond acceptors (Lipinski definition) is 1. The monoisotopic (exact) mass is 344 g/mol. The minimum absolute atomic E-state index is 0.0528. The van der Waals surface area contributed by atoms with Gasteiger partial charge in [0.05, 0.1) is 0 Å². The van der Waals surface area contributed by atoms with E-state index in [1.165, 1.54) is 16.8 Å². The van der Waals surface area contributed by atoms with Gasteiger partial charge in [0.2, 0.25) is 0 Å². The van der Waals surface area contributed by atoms with Gasteiger partial charge in [0.1, 0.15) is 17.4 Å². The van der Waals surface area contributed by atoms with Gasteiger partial charge in [-0.05, 0) is 24.0 Å². The molecule has 3 heteroatoms. The fourth-order valence-corrected chi connectivity index (χ4v) is 3.78. The van der Waals surface area contributed by atoms with Crippen molar-refractivity contribution in [3.8, 4) is 11.4 Å². The third kappa shape index (κ3) is 2.55. The summed E-state index contributed by atoms with van der Waals surface area (Å²) in [6.45, 7) is 8.91. The number of benzene rings is 2. The van der Waals surface area contributed by atoms with Crippen LogP contribution in [0.2, 0.25) is 0 Å². The highest BCUT2D eigenvalue weighted by atomic mass is 16.3. The van der Waals surface area contributed by atoms with Crippen molar-refractivity contribution in [1.82, 2.24) is 4.40 Å². The molecule has 0 bridgehead atoms. The lowest BCUT2D eigenvalue weighted by molar-refractivity contribution is -0.595. The molecular formula is C23H24N2O. The largest absolute Gasteiger partial charge is 0.870 e. The summed E-state index contributed by atoms with van der Waals surface area (Å²) in [4.78, 5) is 0. The van der Waals surface area contributed by atoms with Gasteiger partial charge in [-0.15, -0.1) is 0 Å². The molecule has 0 aliphatic heterocycles. The van der Waals surface area contributed by atoms with Crippen LogP contribution in [0, 0.1) is 0 Å². The molecule has 26 heavy (non-hydrogen) atoms. The van der Waals surface area contributed by atoms with Crippen molar-refractivity contribution in [2.24, 2.45) is 0 Å². The van der Waals surface area contributed by atoms with E-state index in [0.29, 0.717) is 11.8 Å². The second-order valence-corrected chi connectivity index (χ2v) is 7.57. The van der Waals surface area contributed by atoms with E-state index in [0.717, 1.165) is 16.4 Å². The number of nitrogens with zero attached hydrogens (tertiary/aromatic N) is 2. The van der Waals surface area contributed by atoms with Gasteiger partial charge in [-0.1, -0.05) is 69.8 Å². The van der Waals surface area contributed by atoms with Crippen LogP contribution in [0.3, 0.4) is 0 Å². The van der Waals surface area contributed by atoms with Crippen LogP contribution in [0.4, 0.5) is 0 Å². The summed E-state index contributed by atoms with van der Waals surface area (Å²) in [5.74, 6) is 0.897. The molecule has 0 fully saturated rings. The van der Waals surface area contributed by atoms with Crippen LogP contribution in [-0.4, -0.2) is 4.40 Å². The molecule has 2 aromatic heterocycles. The van der Waals surface area contributed by atoms with Crippen molar-refractivity contribution in [3.63, 3.8) is 0 Å². The molecular weight excluding hydrogens is 320 g/mol. The molecule has 2 heterocycles. The third-order valence-electron chi connectivity index (χ3n) is 5.09. The molecule has 0 aliphatic carbocycles. The van der Waals surface area contributed by atoms with E-state index in [-0.39, 0.29) is 5.75 Å². The molecule has 0 amide bonds. The molecule has 3 nitrogen and oxygen atoms in total. The van der Waals surface area contributed by atoms with Crippen LogP contribution in [-0.2, 0) is 0 Å². The predicted molar refractivity (Wildman–Crippen MR) is 104 cm³/mol. The zero-order valence-corrected chi connectivity index (χ0v) is 15.7. The minimum atomic E-state index is 0.0528. The third-order valence-corrected chi connectivity index (χ3v) is 5.09. The fraction of sp³-hybridized carbons (Fsp3) is 0.261. The van der Waals surface area contributed by atoms with Gasteiger partial charge in [0.15, 0.2) is 5.52 Å². The molecule has 0 atom stereocenters. The van der Waals surface area contributed by atoms with Gasteiger partial charge in [0.25, 0.3) is 6.33 Å². The number of para-hydroxylation sites is 2. The lowest BCUT2D eigenvalue weighted by atomic mass is 9.92. The first-order valence-electron chi connectivity index (χ1n) is 9.22. The topological polar surface area (TPSA) is 31.3 Å². The highest BCUT2D eigenvalue weighted by Crippen LogP contribution is 2.29. The van der Waals surface area contributed by atoms with Crippen LogP contribution in [0.15, 0.2) is 61.1 Å². The summed E-state index contributed by atoms with van der Waals surface area (Å²) >= 11 is 0. The molecule has 0 radical (unpaired) electrons.